The number of hydrogen-bond donors (Lipinski definition) is 0. The van der Waals surface area contributed by atoms with Crippen LogP contribution in [0, 0.1) is 6.92 Å². The van der Waals surface area contributed by atoms with Crippen LogP contribution >= 0.6 is 0 Å². The molecule has 0 aliphatic heterocycles. The number of hydrogen-bond acceptors (Lipinski definition) is 5. The van der Waals surface area contributed by atoms with Crippen molar-refractivity contribution in [1.82, 2.24) is 5.16 Å². The topological polar surface area (TPSA) is 81.8 Å². The van der Waals surface area contributed by atoms with Gasteiger partial charge >= 0.3 is 0 Å². The molecule has 134 valence electrons. The Balaban J connectivity index is 1.97. The molecule has 0 atom stereocenters. The Hall–Kier alpha value is -2.93. The monoisotopic (exact) mass is 370 g/mol. The van der Waals surface area contributed by atoms with Crippen LogP contribution in [0.1, 0.15) is 12.7 Å². The number of rotatable bonds is 6. The van der Waals surface area contributed by atoms with Crippen molar-refractivity contribution >= 4 is 16.4 Å². The minimum atomic E-state index is -3.79. The van der Waals surface area contributed by atoms with Gasteiger partial charge < -0.3 is 9.26 Å². The summed E-state index contributed by atoms with van der Waals surface area (Å²) < 4.78 is 38.0. The SMILES string of the molecule is CCO/C=N/S(=O)(=O)c1ccc(-c2c(-c3ccccc3)noc2C)cc1. The largest absolute Gasteiger partial charge is 0.483 e. The van der Waals surface area contributed by atoms with E-state index in [-0.39, 0.29) is 4.90 Å². The highest BCUT2D eigenvalue weighted by molar-refractivity contribution is 7.90. The zero-order valence-electron chi connectivity index (χ0n) is 14.4. The van der Waals surface area contributed by atoms with Crippen molar-refractivity contribution in [3.05, 3.63) is 60.4 Å². The summed E-state index contributed by atoms with van der Waals surface area (Å²) >= 11 is 0. The molecule has 1 aromatic heterocycles. The van der Waals surface area contributed by atoms with Gasteiger partial charge in [0.15, 0.2) is 6.40 Å². The van der Waals surface area contributed by atoms with E-state index >= 15 is 0 Å². The smallest absolute Gasteiger partial charge is 0.285 e. The van der Waals surface area contributed by atoms with Gasteiger partial charge in [-0.2, -0.15) is 8.42 Å². The lowest BCUT2D eigenvalue weighted by Gasteiger charge is -2.05. The van der Waals surface area contributed by atoms with Crippen LogP contribution in [-0.4, -0.2) is 26.6 Å². The van der Waals surface area contributed by atoms with Gasteiger partial charge in [-0.1, -0.05) is 47.6 Å². The van der Waals surface area contributed by atoms with E-state index in [1.807, 2.05) is 37.3 Å². The van der Waals surface area contributed by atoms with Crippen LogP contribution in [0.5, 0.6) is 0 Å². The maximum atomic E-state index is 12.2. The Kier molecular flexibility index (Phi) is 5.18. The lowest BCUT2D eigenvalue weighted by Crippen LogP contribution is -1.98. The van der Waals surface area contributed by atoms with Crippen molar-refractivity contribution in [2.75, 3.05) is 6.61 Å². The van der Waals surface area contributed by atoms with E-state index < -0.39 is 10.0 Å². The van der Waals surface area contributed by atoms with Crippen molar-refractivity contribution in [2.24, 2.45) is 4.40 Å². The zero-order valence-corrected chi connectivity index (χ0v) is 15.2. The third-order valence-corrected chi connectivity index (χ3v) is 5.01. The zero-order chi connectivity index (χ0) is 18.6. The highest BCUT2D eigenvalue weighted by Crippen LogP contribution is 2.34. The van der Waals surface area contributed by atoms with E-state index in [0.29, 0.717) is 18.1 Å². The van der Waals surface area contributed by atoms with Gasteiger partial charge in [0.25, 0.3) is 10.0 Å². The maximum absolute atomic E-state index is 12.2. The highest BCUT2D eigenvalue weighted by Gasteiger charge is 2.18. The van der Waals surface area contributed by atoms with Crippen molar-refractivity contribution in [3.8, 4) is 22.4 Å². The van der Waals surface area contributed by atoms with Crippen LogP contribution < -0.4 is 0 Å². The van der Waals surface area contributed by atoms with Crippen molar-refractivity contribution in [1.29, 1.82) is 0 Å². The molecule has 0 saturated heterocycles. The molecule has 0 bridgehead atoms. The fraction of sp³-hybridized carbons (Fsp3) is 0.158. The van der Waals surface area contributed by atoms with Crippen molar-refractivity contribution < 1.29 is 17.7 Å². The first-order chi connectivity index (χ1) is 12.5. The molecule has 0 radical (unpaired) electrons. The summed E-state index contributed by atoms with van der Waals surface area (Å²) in [6.45, 7) is 3.93. The van der Waals surface area contributed by atoms with E-state index in [1.165, 1.54) is 12.1 Å². The predicted molar refractivity (Wildman–Crippen MR) is 99.4 cm³/mol. The van der Waals surface area contributed by atoms with Gasteiger partial charge in [-0.15, -0.1) is 4.40 Å². The van der Waals surface area contributed by atoms with Crippen LogP contribution in [0.3, 0.4) is 0 Å². The highest BCUT2D eigenvalue weighted by atomic mass is 32.2. The fourth-order valence-corrected chi connectivity index (χ4v) is 3.30. The standard InChI is InChI=1S/C19H18N2O4S/c1-3-24-13-20-26(22,23)17-11-9-15(10-12-17)18-14(2)25-21-19(18)16-7-5-4-6-8-16/h4-13H,3H2,1-2H3/b20-13+. The molecule has 3 aromatic rings. The Bertz CT molecular complexity index is 1010. The second-order valence-corrected chi connectivity index (χ2v) is 7.13. The van der Waals surface area contributed by atoms with Crippen LogP contribution in [-0.2, 0) is 14.8 Å². The Morgan fingerprint density at radius 2 is 1.77 bits per heavy atom. The Labute approximate surface area is 152 Å². The predicted octanol–water partition coefficient (Wildman–Crippen LogP) is 4.07. The maximum Gasteiger partial charge on any atom is 0.285 e. The summed E-state index contributed by atoms with van der Waals surface area (Å²) in [7, 11) is -3.79. The first kappa shape index (κ1) is 17.9. The molecular formula is C19H18N2O4S. The van der Waals surface area contributed by atoms with Crippen molar-refractivity contribution in [3.63, 3.8) is 0 Å². The minimum Gasteiger partial charge on any atom is -0.483 e. The van der Waals surface area contributed by atoms with E-state index in [1.54, 1.807) is 19.1 Å². The van der Waals surface area contributed by atoms with Crippen LogP contribution in [0.4, 0.5) is 0 Å². The Morgan fingerprint density at radius 1 is 1.08 bits per heavy atom. The number of nitrogens with zero attached hydrogens (tertiary/aromatic N) is 2. The minimum absolute atomic E-state index is 0.0903. The molecule has 26 heavy (non-hydrogen) atoms. The summed E-state index contributed by atoms with van der Waals surface area (Å²) in [5, 5.41) is 4.15. The molecular weight excluding hydrogens is 352 g/mol. The molecule has 0 N–H and O–H groups in total. The lowest BCUT2D eigenvalue weighted by molar-refractivity contribution is 0.344. The number of aryl methyl sites for hydroxylation is 1. The third-order valence-electron chi connectivity index (χ3n) is 3.77. The van der Waals surface area contributed by atoms with Gasteiger partial charge in [-0.3, -0.25) is 0 Å². The normalized spacial score (nSPS) is 11.8. The lowest BCUT2D eigenvalue weighted by atomic mass is 10.00. The summed E-state index contributed by atoms with van der Waals surface area (Å²) in [5.74, 6) is 0.661. The first-order valence-electron chi connectivity index (χ1n) is 8.05. The molecule has 0 saturated carbocycles. The van der Waals surface area contributed by atoms with Crippen molar-refractivity contribution in [2.45, 2.75) is 18.7 Å². The molecule has 7 heteroatoms. The van der Waals surface area contributed by atoms with Crippen LogP contribution in [0.2, 0.25) is 0 Å². The van der Waals surface area contributed by atoms with Gasteiger partial charge in [-0.05, 0) is 31.5 Å². The number of benzene rings is 2. The fourth-order valence-electron chi connectivity index (χ4n) is 2.52. The van der Waals surface area contributed by atoms with Gasteiger partial charge in [0.05, 0.1) is 17.1 Å². The average Bonchev–Trinajstić information content (AvgIpc) is 3.04. The molecule has 0 unspecified atom stereocenters. The molecule has 3 rings (SSSR count). The molecule has 6 nitrogen and oxygen atoms in total. The average molecular weight is 370 g/mol. The summed E-state index contributed by atoms with van der Waals surface area (Å²) in [6, 6.07) is 16.1. The third kappa shape index (κ3) is 3.67. The Morgan fingerprint density at radius 3 is 2.42 bits per heavy atom. The summed E-state index contributed by atoms with van der Waals surface area (Å²) in [5.41, 5.74) is 3.29. The second-order valence-electron chi connectivity index (χ2n) is 5.49. The molecule has 2 aromatic carbocycles. The quantitative estimate of drug-likeness (QED) is 0.482. The molecule has 0 fully saturated rings. The molecule has 0 aliphatic rings. The van der Waals surface area contributed by atoms with E-state index in [0.717, 1.165) is 23.1 Å². The van der Waals surface area contributed by atoms with Gasteiger partial charge in [-0.25, -0.2) is 0 Å². The molecule has 0 amide bonds. The summed E-state index contributed by atoms with van der Waals surface area (Å²) in [6.07, 6.45) is 0.945. The van der Waals surface area contributed by atoms with Crippen LogP contribution in [0.15, 0.2) is 68.4 Å². The molecule has 0 spiro atoms. The van der Waals surface area contributed by atoms with Gasteiger partial charge in [0, 0.05) is 5.56 Å². The van der Waals surface area contributed by atoms with E-state index in [9.17, 15) is 8.42 Å². The second kappa shape index (κ2) is 7.53. The summed E-state index contributed by atoms with van der Waals surface area (Å²) in [4.78, 5) is 0.0903. The van der Waals surface area contributed by atoms with E-state index in [2.05, 4.69) is 9.55 Å². The number of sulfonamides is 1. The number of aromatic nitrogens is 1. The first-order valence-corrected chi connectivity index (χ1v) is 9.49. The van der Waals surface area contributed by atoms with Crippen LogP contribution in [0.25, 0.3) is 22.4 Å². The van der Waals surface area contributed by atoms with E-state index in [4.69, 9.17) is 9.26 Å². The number of ether oxygens (including phenoxy) is 1. The van der Waals surface area contributed by atoms with Gasteiger partial charge in [0.1, 0.15) is 11.5 Å². The molecule has 1 heterocycles. The molecule has 0 aliphatic carbocycles. The van der Waals surface area contributed by atoms with Gasteiger partial charge in [0.2, 0.25) is 0 Å².